The SMILES string of the molecule is COCCNC(=O)c1ccc(NC2=N[C@H]3CS(=O)(=O)C[C@H]3S2)cc1. The van der Waals surface area contributed by atoms with Gasteiger partial charge in [-0.25, -0.2) is 8.42 Å². The lowest BCUT2D eigenvalue weighted by Crippen LogP contribution is -2.26. The van der Waals surface area contributed by atoms with Crippen LogP contribution in [-0.2, 0) is 14.6 Å². The quantitative estimate of drug-likeness (QED) is 0.743. The maximum Gasteiger partial charge on any atom is 0.251 e. The Morgan fingerprint density at radius 1 is 1.33 bits per heavy atom. The third-order valence-corrected chi connectivity index (χ3v) is 6.95. The number of carbonyl (C=O) groups is 1. The smallest absolute Gasteiger partial charge is 0.251 e. The first kappa shape index (κ1) is 17.2. The first-order valence-electron chi connectivity index (χ1n) is 7.56. The summed E-state index contributed by atoms with van der Waals surface area (Å²) in [4.78, 5) is 16.3. The Labute approximate surface area is 145 Å². The standard InChI is InChI=1S/C15H19N3O4S2/c1-22-7-6-16-14(19)10-2-4-11(5-3-10)17-15-18-12-8-24(20,21)9-13(12)23-15/h2-5,12-13H,6-9H2,1H3,(H,16,19)(H,17,18)/t12-,13+/m0/s1. The van der Waals surface area contributed by atoms with Crippen molar-refractivity contribution in [3.8, 4) is 0 Å². The third-order valence-electron chi connectivity index (χ3n) is 3.81. The van der Waals surface area contributed by atoms with Crippen LogP contribution in [0.4, 0.5) is 5.69 Å². The van der Waals surface area contributed by atoms with Crippen LogP contribution in [0.2, 0.25) is 0 Å². The van der Waals surface area contributed by atoms with Crippen LogP contribution in [0.1, 0.15) is 10.4 Å². The fourth-order valence-corrected chi connectivity index (χ4v) is 6.29. The number of aliphatic imine (C=N–C) groups is 1. The van der Waals surface area contributed by atoms with E-state index in [0.717, 1.165) is 10.9 Å². The molecular weight excluding hydrogens is 350 g/mol. The minimum absolute atomic E-state index is 0.0170. The molecule has 0 aliphatic carbocycles. The second kappa shape index (κ2) is 7.12. The highest BCUT2D eigenvalue weighted by atomic mass is 32.2. The average Bonchev–Trinajstić information content (AvgIpc) is 3.00. The molecule has 0 radical (unpaired) electrons. The molecule has 1 aromatic carbocycles. The van der Waals surface area contributed by atoms with Crippen LogP contribution in [0.25, 0.3) is 0 Å². The fourth-order valence-electron chi connectivity index (χ4n) is 2.61. The highest BCUT2D eigenvalue weighted by Crippen LogP contribution is 2.34. The van der Waals surface area contributed by atoms with Crippen molar-refractivity contribution >= 4 is 38.4 Å². The zero-order chi connectivity index (χ0) is 17.2. The number of anilines is 1. The number of rotatable bonds is 5. The molecule has 2 aliphatic heterocycles. The molecule has 2 atom stereocenters. The van der Waals surface area contributed by atoms with E-state index < -0.39 is 9.84 Å². The molecule has 7 nitrogen and oxygen atoms in total. The zero-order valence-electron chi connectivity index (χ0n) is 13.2. The van der Waals surface area contributed by atoms with Gasteiger partial charge in [0.15, 0.2) is 15.0 Å². The molecule has 2 N–H and O–H groups in total. The van der Waals surface area contributed by atoms with Gasteiger partial charge in [-0.15, -0.1) is 0 Å². The van der Waals surface area contributed by atoms with Gasteiger partial charge in [0.05, 0.1) is 24.2 Å². The van der Waals surface area contributed by atoms with Gasteiger partial charge in [-0.05, 0) is 24.3 Å². The number of nitrogens with zero attached hydrogens (tertiary/aromatic N) is 1. The Balaban J connectivity index is 1.57. The molecule has 0 saturated carbocycles. The van der Waals surface area contributed by atoms with Crippen molar-refractivity contribution in [1.29, 1.82) is 0 Å². The van der Waals surface area contributed by atoms with Gasteiger partial charge in [-0.1, -0.05) is 11.8 Å². The van der Waals surface area contributed by atoms with Gasteiger partial charge in [0.2, 0.25) is 0 Å². The monoisotopic (exact) mass is 369 g/mol. The van der Waals surface area contributed by atoms with E-state index in [9.17, 15) is 13.2 Å². The average molecular weight is 369 g/mol. The second-order valence-electron chi connectivity index (χ2n) is 5.69. The molecule has 130 valence electrons. The number of benzene rings is 1. The van der Waals surface area contributed by atoms with E-state index in [1.165, 1.54) is 11.8 Å². The molecule has 0 bridgehead atoms. The van der Waals surface area contributed by atoms with Crippen molar-refractivity contribution in [3.05, 3.63) is 29.8 Å². The third kappa shape index (κ3) is 4.08. The number of fused-ring (bicyclic) bond motifs is 1. The maximum absolute atomic E-state index is 11.9. The maximum atomic E-state index is 11.9. The van der Waals surface area contributed by atoms with Gasteiger partial charge in [-0.2, -0.15) is 0 Å². The van der Waals surface area contributed by atoms with E-state index in [-0.39, 0.29) is 28.7 Å². The molecule has 9 heteroatoms. The Bertz CT molecular complexity index is 746. The molecule has 1 saturated heterocycles. The minimum Gasteiger partial charge on any atom is -0.383 e. The van der Waals surface area contributed by atoms with Gasteiger partial charge in [-0.3, -0.25) is 9.79 Å². The number of nitrogens with one attached hydrogen (secondary N) is 2. The largest absolute Gasteiger partial charge is 0.383 e. The van der Waals surface area contributed by atoms with E-state index in [2.05, 4.69) is 15.6 Å². The highest BCUT2D eigenvalue weighted by Gasteiger charge is 2.42. The molecule has 2 heterocycles. The number of hydrogen-bond donors (Lipinski definition) is 2. The normalized spacial score (nSPS) is 24.3. The molecule has 1 aromatic rings. The predicted octanol–water partition coefficient (Wildman–Crippen LogP) is 0.743. The van der Waals surface area contributed by atoms with Crippen molar-refractivity contribution in [1.82, 2.24) is 5.32 Å². The lowest BCUT2D eigenvalue weighted by molar-refractivity contribution is 0.0937. The van der Waals surface area contributed by atoms with Crippen molar-refractivity contribution in [2.45, 2.75) is 11.3 Å². The summed E-state index contributed by atoms with van der Waals surface area (Å²) in [6.07, 6.45) is 0. The topological polar surface area (TPSA) is 96.9 Å². The van der Waals surface area contributed by atoms with Crippen LogP contribution >= 0.6 is 11.8 Å². The van der Waals surface area contributed by atoms with E-state index in [1.54, 1.807) is 31.4 Å². The van der Waals surface area contributed by atoms with Crippen molar-refractivity contribution < 1.29 is 17.9 Å². The summed E-state index contributed by atoms with van der Waals surface area (Å²) in [5.74, 6) is 0.180. The van der Waals surface area contributed by atoms with Crippen molar-refractivity contribution in [2.24, 2.45) is 4.99 Å². The molecular formula is C15H19N3O4S2. The van der Waals surface area contributed by atoms with Crippen LogP contribution in [-0.4, -0.2) is 62.6 Å². The van der Waals surface area contributed by atoms with Gasteiger partial charge < -0.3 is 15.4 Å². The summed E-state index contributed by atoms with van der Waals surface area (Å²) in [5, 5.41) is 6.69. The van der Waals surface area contributed by atoms with E-state index >= 15 is 0 Å². The summed E-state index contributed by atoms with van der Waals surface area (Å²) >= 11 is 1.47. The van der Waals surface area contributed by atoms with Crippen LogP contribution in [0, 0.1) is 0 Å². The number of thioether (sulfide) groups is 1. The number of carbonyl (C=O) groups excluding carboxylic acids is 1. The van der Waals surface area contributed by atoms with E-state index in [0.29, 0.717) is 18.7 Å². The van der Waals surface area contributed by atoms with Gasteiger partial charge in [0.25, 0.3) is 5.91 Å². The van der Waals surface area contributed by atoms with Crippen LogP contribution in [0.5, 0.6) is 0 Å². The van der Waals surface area contributed by atoms with Crippen molar-refractivity contribution in [2.75, 3.05) is 37.1 Å². The number of sulfone groups is 1. The fraction of sp³-hybridized carbons (Fsp3) is 0.467. The number of methoxy groups -OCH3 is 1. The van der Waals surface area contributed by atoms with Crippen LogP contribution < -0.4 is 10.6 Å². The molecule has 3 rings (SSSR count). The first-order valence-corrected chi connectivity index (χ1v) is 10.3. The molecule has 1 amide bonds. The summed E-state index contributed by atoms with van der Waals surface area (Å²) in [7, 11) is -1.35. The zero-order valence-corrected chi connectivity index (χ0v) is 14.8. The summed E-state index contributed by atoms with van der Waals surface area (Å²) in [6.45, 7) is 0.939. The molecule has 0 unspecified atom stereocenters. The Morgan fingerprint density at radius 3 is 2.75 bits per heavy atom. The summed E-state index contributed by atoms with van der Waals surface area (Å²) < 4.78 is 28.0. The van der Waals surface area contributed by atoms with Crippen LogP contribution in [0.15, 0.2) is 29.3 Å². The Hall–Kier alpha value is -1.58. The minimum atomic E-state index is -2.94. The number of hydrogen-bond acceptors (Lipinski definition) is 7. The van der Waals surface area contributed by atoms with Crippen molar-refractivity contribution in [3.63, 3.8) is 0 Å². The lowest BCUT2D eigenvalue weighted by atomic mass is 10.2. The molecule has 0 aromatic heterocycles. The number of amides is 1. The van der Waals surface area contributed by atoms with Gasteiger partial charge in [0, 0.05) is 30.2 Å². The van der Waals surface area contributed by atoms with Crippen LogP contribution in [0.3, 0.4) is 0 Å². The first-order chi connectivity index (χ1) is 11.5. The van der Waals surface area contributed by atoms with E-state index in [1.807, 2.05) is 0 Å². The Kier molecular flexibility index (Phi) is 5.12. The molecule has 0 spiro atoms. The highest BCUT2D eigenvalue weighted by molar-refractivity contribution is 8.15. The van der Waals surface area contributed by atoms with Gasteiger partial charge >= 0.3 is 0 Å². The number of ether oxygens (including phenoxy) is 1. The predicted molar refractivity (Wildman–Crippen MR) is 95.5 cm³/mol. The lowest BCUT2D eigenvalue weighted by Gasteiger charge is -2.08. The molecule has 24 heavy (non-hydrogen) atoms. The summed E-state index contributed by atoms with van der Waals surface area (Å²) in [6, 6.07) is 6.93. The number of amidine groups is 1. The summed E-state index contributed by atoms with van der Waals surface area (Å²) in [5.41, 5.74) is 1.39. The Morgan fingerprint density at radius 2 is 2.08 bits per heavy atom. The van der Waals surface area contributed by atoms with Gasteiger partial charge in [0.1, 0.15) is 0 Å². The second-order valence-corrected chi connectivity index (χ2v) is 9.07. The van der Waals surface area contributed by atoms with E-state index in [4.69, 9.17) is 4.74 Å². The molecule has 1 fully saturated rings. The molecule has 2 aliphatic rings.